The predicted octanol–water partition coefficient (Wildman–Crippen LogP) is 4.69. The fraction of sp³-hybridized carbons (Fsp3) is 0.136. The highest BCUT2D eigenvalue weighted by Gasteiger charge is 2.11. The number of benzene rings is 2. The Morgan fingerprint density at radius 3 is 2.15 bits per heavy atom. The molecule has 1 amide bonds. The van der Waals surface area contributed by atoms with E-state index < -0.39 is 0 Å². The summed E-state index contributed by atoms with van der Waals surface area (Å²) in [6, 6.07) is 20.4. The van der Waals surface area contributed by atoms with E-state index in [1.807, 2.05) is 36.4 Å². The second-order valence-electron chi connectivity index (χ2n) is 6.07. The van der Waals surface area contributed by atoms with Crippen LogP contribution in [0.5, 0.6) is 0 Å². The van der Waals surface area contributed by atoms with E-state index in [2.05, 4.69) is 22.1 Å². The molecule has 0 fully saturated rings. The normalized spacial score (nSPS) is 10.3. The number of carbonyl (C=O) groups excluding carboxylic acids is 2. The molecule has 2 aromatic carbocycles. The van der Waals surface area contributed by atoms with Crippen LogP contribution in [0.25, 0.3) is 0 Å². The first-order chi connectivity index (χ1) is 13.1. The summed E-state index contributed by atoms with van der Waals surface area (Å²) in [5.41, 5.74) is 2.77. The number of hydrogen-bond acceptors (Lipinski definition) is 4. The minimum atomic E-state index is -0.243. The molecule has 1 N–H and O–H groups in total. The quantitative estimate of drug-likeness (QED) is 0.648. The molecule has 0 aliphatic heterocycles. The molecule has 0 spiro atoms. The van der Waals surface area contributed by atoms with E-state index in [1.54, 1.807) is 36.5 Å². The molecule has 1 aromatic heterocycles. The van der Waals surface area contributed by atoms with Gasteiger partial charge in [0.2, 0.25) is 0 Å². The predicted molar refractivity (Wildman–Crippen MR) is 108 cm³/mol. The lowest BCUT2D eigenvalue weighted by Crippen LogP contribution is -2.18. The molecule has 0 atom stereocenters. The largest absolute Gasteiger partial charge is 0.327 e. The highest BCUT2D eigenvalue weighted by Crippen LogP contribution is 2.23. The fourth-order valence-electron chi connectivity index (χ4n) is 2.76. The van der Waals surface area contributed by atoms with Gasteiger partial charge in [0, 0.05) is 29.7 Å². The number of anilines is 3. The number of aromatic nitrogens is 1. The van der Waals surface area contributed by atoms with Crippen LogP contribution in [0.1, 0.15) is 34.6 Å². The maximum Gasteiger partial charge on any atom is 0.257 e. The zero-order chi connectivity index (χ0) is 19.2. The number of para-hydroxylation sites is 1. The molecule has 0 bridgehead atoms. The zero-order valence-corrected chi connectivity index (χ0v) is 15.3. The van der Waals surface area contributed by atoms with Gasteiger partial charge in [0.15, 0.2) is 5.78 Å². The Labute approximate surface area is 158 Å². The molecule has 1 heterocycles. The fourth-order valence-corrected chi connectivity index (χ4v) is 2.76. The number of ketones is 1. The van der Waals surface area contributed by atoms with Crippen molar-refractivity contribution in [3.63, 3.8) is 0 Å². The van der Waals surface area contributed by atoms with E-state index >= 15 is 0 Å². The van der Waals surface area contributed by atoms with Crippen LogP contribution in [0.4, 0.5) is 17.2 Å². The summed E-state index contributed by atoms with van der Waals surface area (Å²) in [7, 11) is 0. The molecule has 5 heteroatoms. The Bertz CT molecular complexity index is 920. The molecule has 3 rings (SSSR count). The average molecular weight is 359 g/mol. The molecule has 5 nitrogen and oxygen atoms in total. The maximum atomic E-state index is 12.4. The smallest absolute Gasteiger partial charge is 0.257 e. The minimum absolute atomic E-state index is 0.00782. The highest BCUT2D eigenvalue weighted by atomic mass is 16.1. The number of pyridine rings is 1. The summed E-state index contributed by atoms with van der Waals surface area (Å²) in [6.45, 7) is 4.33. The molecule has 136 valence electrons. The molecule has 0 unspecified atom stereocenters. The Kier molecular flexibility index (Phi) is 5.61. The Balaban J connectivity index is 1.72. The molecule has 0 aliphatic rings. The van der Waals surface area contributed by atoms with Crippen molar-refractivity contribution in [2.75, 3.05) is 16.8 Å². The van der Waals surface area contributed by atoms with Gasteiger partial charge in [-0.3, -0.25) is 9.59 Å². The van der Waals surface area contributed by atoms with E-state index in [9.17, 15) is 9.59 Å². The lowest BCUT2D eigenvalue weighted by Gasteiger charge is -2.22. The van der Waals surface area contributed by atoms with Crippen LogP contribution in [0.3, 0.4) is 0 Å². The van der Waals surface area contributed by atoms with Crippen molar-refractivity contribution in [3.05, 3.63) is 84.1 Å². The summed E-state index contributed by atoms with van der Waals surface area (Å²) in [4.78, 5) is 30.3. The number of nitrogens with one attached hydrogen (secondary N) is 1. The molecule has 0 aliphatic carbocycles. The van der Waals surface area contributed by atoms with Crippen molar-refractivity contribution >= 4 is 28.9 Å². The molecule has 27 heavy (non-hydrogen) atoms. The monoisotopic (exact) mass is 359 g/mol. The molecule has 0 saturated carbocycles. The van der Waals surface area contributed by atoms with Crippen LogP contribution in [-0.2, 0) is 0 Å². The molecule has 0 saturated heterocycles. The van der Waals surface area contributed by atoms with Gasteiger partial charge in [-0.1, -0.05) is 18.2 Å². The van der Waals surface area contributed by atoms with Gasteiger partial charge in [-0.2, -0.15) is 0 Å². The minimum Gasteiger partial charge on any atom is -0.327 e. The third-order valence-corrected chi connectivity index (χ3v) is 4.22. The Morgan fingerprint density at radius 2 is 1.59 bits per heavy atom. The lowest BCUT2D eigenvalue weighted by atomic mass is 10.1. The summed E-state index contributed by atoms with van der Waals surface area (Å²) in [6.07, 6.45) is 1.57. The van der Waals surface area contributed by atoms with E-state index in [4.69, 9.17) is 0 Å². The van der Waals surface area contributed by atoms with Crippen molar-refractivity contribution in [1.29, 1.82) is 0 Å². The van der Waals surface area contributed by atoms with E-state index in [1.165, 1.54) is 6.92 Å². The van der Waals surface area contributed by atoms with Gasteiger partial charge in [0.05, 0.1) is 5.56 Å². The molecular weight excluding hydrogens is 338 g/mol. The second-order valence-corrected chi connectivity index (χ2v) is 6.07. The third-order valence-electron chi connectivity index (χ3n) is 4.22. The first-order valence-electron chi connectivity index (χ1n) is 8.79. The van der Waals surface area contributed by atoms with Gasteiger partial charge in [0.1, 0.15) is 5.82 Å². The maximum absolute atomic E-state index is 12.4. The topological polar surface area (TPSA) is 62.3 Å². The Morgan fingerprint density at radius 1 is 0.926 bits per heavy atom. The number of rotatable bonds is 6. The third kappa shape index (κ3) is 4.39. The first-order valence-corrected chi connectivity index (χ1v) is 8.79. The SMILES string of the molecule is CCN(c1ccccc1)c1ccc(C(=O)Nc2ccc(C(C)=O)cc2)cn1. The number of Topliss-reactive ketones (excluding diaryl/α,β-unsaturated/α-hetero) is 1. The van der Waals surface area contributed by atoms with E-state index in [0.717, 1.165) is 18.1 Å². The van der Waals surface area contributed by atoms with Gasteiger partial charge in [-0.15, -0.1) is 0 Å². The van der Waals surface area contributed by atoms with Crippen molar-refractivity contribution in [2.24, 2.45) is 0 Å². The van der Waals surface area contributed by atoms with Gasteiger partial charge in [-0.25, -0.2) is 4.98 Å². The van der Waals surface area contributed by atoms with Crippen LogP contribution in [0.2, 0.25) is 0 Å². The van der Waals surface area contributed by atoms with E-state index in [-0.39, 0.29) is 11.7 Å². The Hall–Kier alpha value is -3.47. The van der Waals surface area contributed by atoms with Crippen LogP contribution >= 0.6 is 0 Å². The van der Waals surface area contributed by atoms with Gasteiger partial charge in [0.25, 0.3) is 5.91 Å². The standard InChI is InChI=1S/C22H21N3O2/c1-3-25(20-7-5-4-6-8-20)21-14-11-18(15-23-21)22(27)24-19-12-9-17(10-13-19)16(2)26/h4-15H,3H2,1-2H3,(H,24,27). The first kappa shape index (κ1) is 18.3. The summed E-state index contributed by atoms with van der Waals surface area (Å²) >= 11 is 0. The van der Waals surface area contributed by atoms with Crippen molar-refractivity contribution < 1.29 is 9.59 Å². The summed E-state index contributed by atoms with van der Waals surface area (Å²) in [5.74, 6) is 0.532. The van der Waals surface area contributed by atoms with Crippen LogP contribution in [-0.4, -0.2) is 23.2 Å². The average Bonchev–Trinajstić information content (AvgIpc) is 2.70. The second kappa shape index (κ2) is 8.27. The van der Waals surface area contributed by atoms with Crippen molar-refractivity contribution in [1.82, 2.24) is 4.98 Å². The molecular formula is C22H21N3O2. The zero-order valence-electron chi connectivity index (χ0n) is 15.3. The van der Waals surface area contributed by atoms with Crippen LogP contribution in [0.15, 0.2) is 72.9 Å². The molecule has 0 radical (unpaired) electrons. The van der Waals surface area contributed by atoms with Crippen LogP contribution in [0, 0.1) is 0 Å². The number of carbonyl (C=O) groups is 2. The van der Waals surface area contributed by atoms with Crippen molar-refractivity contribution in [3.8, 4) is 0 Å². The highest BCUT2D eigenvalue weighted by molar-refractivity contribution is 6.04. The van der Waals surface area contributed by atoms with Gasteiger partial charge >= 0.3 is 0 Å². The molecule has 3 aromatic rings. The summed E-state index contributed by atoms with van der Waals surface area (Å²) in [5, 5.41) is 2.81. The lowest BCUT2D eigenvalue weighted by molar-refractivity contribution is 0.101. The van der Waals surface area contributed by atoms with Gasteiger partial charge < -0.3 is 10.2 Å². The summed E-state index contributed by atoms with van der Waals surface area (Å²) < 4.78 is 0. The van der Waals surface area contributed by atoms with Gasteiger partial charge in [-0.05, 0) is 62.4 Å². The number of nitrogens with zero attached hydrogens (tertiary/aromatic N) is 2. The number of hydrogen-bond donors (Lipinski definition) is 1. The van der Waals surface area contributed by atoms with Crippen molar-refractivity contribution in [2.45, 2.75) is 13.8 Å². The van der Waals surface area contributed by atoms with Crippen LogP contribution < -0.4 is 10.2 Å². The van der Waals surface area contributed by atoms with E-state index in [0.29, 0.717) is 16.8 Å². The number of amides is 1.